The van der Waals surface area contributed by atoms with Gasteiger partial charge in [-0.25, -0.2) is 4.79 Å². The molecule has 5 heteroatoms. The van der Waals surface area contributed by atoms with Gasteiger partial charge in [-0.05, 0) is 24.3 Å². The first-order chi connectivity index (χ1) is 11.6. The Morgan fingerprint density at radius 3 is 2.62 bits per heavy atom. The quantitative estimate of drug-likeness (QED) is 0.869. The second-order valence-corrected chi connectivity index (χ2v) is 6.45. The Hall–Kier alpha value is -2.04. The first-order valence-corrected chi connectivity index (χ1v) is 8.87. The zero-order valence-electron chi connectivity index (χ0n) is 14.7. The van der Waals surface area contributed by atoms with Crippen molar-refractivity contribution in [3.05, 3.63) is 35.9 Å². The highest BCUT2D eigenvalue weighted by molar-refractivity contribution is 5.76. The van der Waals surface area contributed by atoms with Crippen molar-refractivity contribution < 1.29 is 14.3 Å². The maximum Gasteiger partial charge on any atom is 0.407 e. The molecular weight excluding hydrogens is 304 g/mol. The maximum absolute atomic E-state index is 12.1. The lowest BCUT2D eigenvalue weighted by Crippen LogP contribution is -2.52. The average Bonchev–Trinajstić information content (AvgIpc) is 2.60. The zero-order valence-corrected chi connectivity index (χ0v) is 14.7. The molecule has 24 heavy (non-hydrogen) atoms. The van der Waals surface area contributed by atoms with Crippen molar-refractivity contribution in [2.45, 2.75) is 52.2 Å². The zero-order chi connectivity index (χ0) is 17.4. The summed E-state index contributed by atoms with van der Waals surface area (Å²) in [6, 6.07) is 9.58. The number of rotatable bonds is 6. The van der Waals surface area contributed by atoms with Crippen LogP contribution in [0.2, 0.25) is 0 Å². The summed E-state index contributed by atoms with van der Waals surface area (Å²) in [5.74, 6) is 0.596. The Balaban J connectivity index is 1.86. The van der Waals surface area contributed by atoms with E-state index in [1.54, 1.807) is 0 Å². The number of carbonyl (C=O) groups excluding carboxylic acids is 2. The highest BCUT2D eigenvalue weighted by Gasteiger charge is 2.30. The van der Waals surface area contributed by atoms with Gasteiger partial charge in [0, 0.05) is 19.5 Å². The number of amides is 2. The smallest absolute Gasteiger partial charge is 0.407 e. The topological polar surface area (TPSA) is 58.6 Å². The number of carbonyl (C=O) groups is 2. The molecule has 0 radical (unpaired) electrons. The number of piperidine rings is 1. The third-order valence-electron chi connectivity index (χ3n) is 4.42. The first-order valence-electron chi connectivity index (χ1n) is 8.87. The van der Waals surface area contributed by atoms with Gasteiger partial charge < -0.3 is 15.0 Å². The van der Waals surface area contributed by atoms with Crippen LogP contribution >= 0.6 is 0 Å². The molecule has 2 amide bonds. The molecule has 132 valence electrons. The van der Waals surface area contributed by atoms with E-state index in [0.29, 0.717) is 18.9 Å². The van der Waals surface area contributed by atoms with Crippen molar-refractivity contribution in [2.24, 2.45) is 5.92 Å². The summed E-state index contributed by atoms with van der Waals surface area (Å²) >= 11 is 0. The van der Waals surface area contributed by atoms with Crippen LogP contribution in [0.15, 0.2) is 30.3 Å². The number of hydrogen-bond acceptors (Lipinski definition) is 3. The van der Waals surface area contributed by atoms with Gasteiger partial charge in [0.1, 0.15) is 6.61 Å². The molecule has 0 bridgehead atoms. The molecule has 1 aliphatic rings. The minimum absolute atomic E-state index is 0.0333. The highest BCUT2D eigenvalue weighted by atomic mass is 16.5. The van der Waals surface area contributed by atoms with Gasteiger partial charge in [0.2, 0.25) is 5.91 Å². The van der Waals surface area contributed by atoms with Crippen LogP contribution in [0.3, 0.4) is 0 Å². The Morgan fingerprint density at radius 2 is 1.96 bits per heavy atom. The predicted molar refractivity (Wildman–Crippen MR) is 93.4 cm³/mol. The largest absolute Gasteiger partial charge is 0.445 e. The molecule has 1 saturated heterocycles. The van der Waals surface area contributed by atoms with Gasteiger partial charge in [-0.3, -0.25) is 4.79 Å². The fourth-order valence-electron chi connectivity index (χ4n) is 3.28. The van der Waals surface area contributed by atoms with Crippen molar-refractivity contribution in [3.8, 4) is 0 Å². The van der Waals surface area contributed by atoms with Crippen molar-refractivity contribution in [1.29, 1.82) is 0 Å². The number of likely N-dealkylation sites (tertiary alicyclic amines) is 1. The summed E-state index contributed by atoms with van der Waals surface area (Å²) in [5.41, 5.74) is 0.961. The molecule has 1 fully saturated rings. The standard InChI is InChI=1S/C19H28N2O3/c1-3-8-16-11-17(13-21(12-16)18(22)4-2)20-19(23)24-14-15-9-6-5-7-10-15/h5-7,9-10,16-17H,3-4,8,11-14H2,1-2H3,(H,20,23). The third kappa shape index (κ3) is 5.55. The van der Waals surface area contributed by atoms with E-state index < -0.39 is 6.09 Å². The molecule has 2 atom stereocenters. The lowest BCUT2D eigenvalue weighted by molar-refractivity contribution is -0.133. The average molecular weight is 332 g/mol. The van der Waals surface area contributed by atoms with Gasteiger partial charge in [0.15, 0.2) is 0 Å². The molecule has 1 N–H and O–H groups in total. The summed E-state index contributed by atoms with van der Waals surface area (Å²) in [4.78, 5) is 26.0. The van der Waals surface area contributed by atoms with Gasteiger partial charge in [-0.15, -0.1) is 0 Å². The minimum atomic E-state index is -0.412. The van der Waals surface area contributed by atoms with E-state index in [0.717, 1.165) is 31.4 Å². The summed E-state index contributed by atoms with van der Waals surface area (Å²) in [5, 5.41) is 2.93. The summed E-state index contributed by atoms with van der Waals surface area (Å²) in [7, 11) is 0. The van der Waals surface area contributed by atoms with Crippen LogP contribution in [0.4, 0.5) is 4.79 Å². The Kier molecular flexibility index (Phi) is 7.09. The van der Waals surface area contributed by atoms with Gasteiger partial charge in [-0.2, -0.15) is 0 Å². The summed E-state index contributed by atoms with van der Waals surface area (Å²) in [6.45, 7) is 5.67. The Morgan fingerprint density at radius 1 is 1.21 bits per heavy atom. The third-order valence-corrected chi connectivity index (χ3v) is 4.42. The molecule has 2 unspecified atom stereocenters. The molecule has 2 rings (SSSR count). The lowest BCUT2D eigenvalue weighted by atomic mass is 9.90. The molecule has 0 aromatic heterocycles. The Bertz CT molecular complexity index is 533. The molecule has 1 aliphatic heterocycles. The van der Waals surface area contributed by atoms with E-state index in [9.17, 15) is 9.59 Å². The number of benzene rings is 1. The predicted octanol–water partition coefficient (Wildman–Crippen LogP) is 3.34. The molecule has 1 heterocycles. The van der Waals surface area contributed by atoms with Crippen LogP contribution in [0.5, 0.6) is 0 Å². The molecule has 0 saturated carbocycles. The monoisotopic (exact) mass is 332 g/mol. The summed E-state index contributed by atoms with van der Waals surface area (Å²) in [6.07, 6.45) is 3.16. The van der Waals surface area contributed by atoms with E-state index >= 15 is 0 Å². The SMILES string of the molecule is CCCC1CC(NC(=O)OCc2ccccc2)CN(C(=O)CC)C1. The van der Waals surface area contributed by atoms with Crippen molar-refractivity contribution in [1.82, 2.24) is 10.2 Å². The molecule has 0 aliphatic carbocycles. The highest BCUT2D eigenvalue weighted by Crippen LogP contribution is 2.22. The van der Waals surface area contributed by atoms with Crippen LogP contribution in [0.25, 0.3) is 0 Å². The fraction of sp³-hybridized carbons (Fsp3) is 0.579. The van der Waals surface area contributed by atoms with E-state index in [2.05, 4.69) is 12.2 Å². The molecule has 5 nitrogen and oxygen atoms in total. The minimum Gasteiger partial charge on any atom is -0.445 e. The van der Waals surface area contributed by atoms with Crippen LogP contribution in [-0.4, -0.2) is 36.0 Å². The molecule has 0 spiro atoms. The second-order valence-electron chi connectivity index (χ2n) is 6.45. The van der Waals surface area contributed by atoms with Crippen LogP contribution < -0.4 is 5.32 Å². The van der Waals surface area contributed by atoms with Gasteiger partial charge in [0.05, 0.1) is 6.04 Å². The number of nitrogens with zero attached hydrogens (tertiary/aromatic N) is 1. The van der Waals surface area contributed by atoms with Crippen LogP contribution in [0, 0.1) is 5.92 Å². The van der Waals surface area contributed by atoms with E-state index in [-0.39, 0.29) is 18.6 Å². The van der Waals surface area contributed by atoms with Gasteiger partial charge in [-0.1, -0.05) is 50.6 Å². The van der Waals surface area contributed by atoms with Crippen molar-refractivity contribution in [3.63, 3.8) is 0 Å². The number of alkyl carbamates (subject to hydrolysis) is 1. The first kappa shape index (κ1) is 18.3. The van der Waals surface area contributed by atoms with Crippen LogP contribution in [-0.2, 0) is 16.1 Å². The Labute approximate surface area is 144 Å². The van der Waals surface area contributed by atoms with Gasteiger partial charge in [0.25, 0.3) is 0 Å². The van der Waals surface area contributed by atoms with E-state index in [4.69, 9.17) is 4.74 Å². The summed E-state index contributed by atoms with van der Waals surface area (Å²) < 4.78 is 5.29. The molecule has 1 aromatic carbocycles. The maximum atomic E-state index is 12.1. The normalized spacial score (nSPS) is 20.5. The lowest BCUT2D eigenvalue weighted by Gasteiger charge is -2.38. The van der Waals surface area contributed by atoms with E-state index in [1.165, 1.54) is 0 Å². The number of ether oxygens (including phenoxy) is 1. The van der Waals surface area contributed by atoms with Crippen molar-refractivity contribution >= 4 is 12.0 Å². The van der Waals surface area contributed by atoms with Gasteiger partial charge >= 0.3 is 6.09 Å². The second kappa shape index (κ2) is 9.30. The molecule has 1 aromatic rings. The van der Waals surface area contributed by atoms with Crippen molar-refractivity contribution in [2.75, 3.05) is 13.1 Å². The number of hydrogen-bond donors (Lipinski definition) is 1. The molecular formula is C19H28N2O3. The number of nitrogens with one attached hydrogen (secondary N) is 1. The fourth-order valence-corrected chi connectivity index (χ4v) is 3.28. The van der Waals surface area contributed by atoms with E-state index in [1.807, 2.05) is 42.2 Å². The van der Waals surface area contributed by atoms with Crippen LogP contribution in [0.1, 0.15) is 45.1 Å².